The van der Waals surface area contributed by atoms with Crippen LogP contribution in [0.3, 0.4) is 0 Å². The first-order valence-corrected chi connectivity index (χ1v) is 17.8. The van der Waals surface area contributed by atoms with Gasteiger partial charge in [-0.1, -0.05) is 59.6 Å². The van der Waals surface area contributed by atoms with E-state index < -0.39 is 0 Å². The van der Waals surface area contributed by atoms with Gasteiger partial charge in [0.1, 0.15) is 23.9 Å². The molecule has 1 fully saturated rings. The molecule has 1 saturated heterocycles. The van der Waals surface area contributed by atoms with Gasteiger partial charge in [0.2, 0.25) is 11.8 Å². The Kier molecular flexibility index (Phi) is 12.3. The molecule has 0 saturated carbocycles. The molecule has 6 rings (SSSR count). The molecule has 0 aliphatic carbocycles. The van der Waals surface area contributed by atoms with Crippen LogP contribution in [0.15, 0.2) is 109 Å². The molecule has 1 amide bonds. The number of hydrogen-bond acceptors (Lipinski definition) is 6. The van der Waals surface area contributed by atoms with Crippen LogP contribution in [0, 0.1) is 13.8 Å². The van der Waals surface area contributed by atoms with E-state index in [1.165, 1.54) is 11.1 Å². The predicted octanol–water partition coefficient (Wildman–Crippen LogP) is 9.36. The molecule has 0 bridgehead atoms. The minimum Gasteiger partial charge on any atom is -0.493 e. The van der Waals surface area contributed by atoms with Crippen molar-refractivity contribution in [1.82, 2.24) is 14.8 Å². The first-order valence-electron chi connectivity index (χ1n) is 17.1. The quantitative estimate of drug-likeness (QED) is 0.113. The van der Waals surface area contributed by atoms with Crippen LogP contribution in [0.1, 0.15) is 33.4 Å². The number of rotatable bonds is 13. The maximum Gasteiger partial charge on any atom is 0.246 e. The molecule has 0 spiro atoms. The number of amides is 1. The lowest BCUT2D eigenvalue weighted by Gasteiger charge is -2.34. The summed E-state index contributed by atoms with van der Waals surface area (Å²) in [5.74, 6) is 2.71. The number of carbonyl (C=O) groups is 1. The Balaban J connectivity index is 0.933. The van der Waals surface area contributed by atoms with E-state index in [-0.39, 0.29) is 5.91 Å². The van der Waals surface area contributed by atoms with E-state index in [9.17, 15) is 4.79 Å². The summed E-state index contributed by atoms with van der Waals surface area (Å²) in [6, 6.07) is 31.4. The molecule has 1 aromatic heterocycles. The average molecular weight is 723 g/mol. The van der Waals surface area contributed by atoms with Crippen LogP contribution in [0.2, 0.25) is 10.0 Å². The normalized spacial score (nSPS) is 13.4. The Labute approximate surface area is 310 Å². The predicted molar refractivity (Wildman–Crippen MR) is 204 cm³/mol. The van der Waals surface area contributed by atoms with Crippen molar-refractivity contribution in [2.45, 2.75) is 33.4 Å². The van der Waals surface area contributed by atoms with E-state index in [1.807, 2.05) is 91.6 Å². The lowest BCUT2D eigenvalue weighted by molar-refractivity contribution is -0.127. The van der Waals surface area contributed by atoms with E-state index in [1.54, 1.807) is 18.3 Å². The highest BCUT2D eigenvalue weighted by atomic mass is 35.5. The van der Waals surface area contributed by atoms with Crippen LogP contribution in [0.4, 0.5) is 0 Å². The second-order valence-electron chi connectivity index (χ2n) is 12.6. The third kappa shape index (κ3) is 10.6. The Morgan fingerprint density at radius 3 is 2.16 bits per heavy atom. The van der Waals surface area contributed by atoms with Crippen LogP contribution in [0.25, 0.3) is 6.08 Å². The largest absolute Gasteiger partial charge is 0.493 e. The smallest absolute Gasteiger partial charge is 0.246 e. The van der Waals surface area contributed by atoms with Crippen molar-refractivity contribution in [3.05, 3.63) is 153 Å². The van der Waals surface area contributed by atoms with Crippen molar-refractivity contribution >= 4 is 35.2 Å². The van der Waals surface area contributed by atoms with Gasteiger partial charge in [-0.05, 0) is 108 Å². The van der Waals surface area contributed by atoms with Crippen molar-refractivity contribution in [3.8, 4) is 23.1 Å². The molecule has 1 aliphatic heterocycles. The minimum atomic E-state index is 0.0253. The minimum absolute atomic E-state index is 0.0253. The maximum atomic E-state index is 13.1. The van der Waals surface area contributed by atoms with Crippen molar-refractivity contribution in [2.24, 2.45) is 0 Å². The lowest BCUT2D eigenvalue weighted by atomic mass is 10.1. The lowest BCUT2D eigenvalue weighted by Crippen LogP contribution is -2.47. The molecule has 262 valence electrons. The fourth-order valence-corrected chi connectivity index (χ4v) is 6.28. The van der Waals surface area contributed by atoms with Gasteiger partial charge in [-0.3, -0.25) is 9.69 Å². The van der Waals surface area contributed by atoms with Crippen LogP contribution in [0.5, 0.6) is 23.1 Å². The van der Waals surface area contributed by atoms with E-state index in [4.69, 9.17) is 37.4 Å². The Hall–Kier alpha value is -4.82. The molecule has 1 aliphatic rings. The molecule has 0 N–H and O–H groups in total. The summed E-state index contributed by atoms with van der Waals surface area (Å²) in [4.78, 5) is 21.8. The second-order valence-corrected chi connectivity index (χ2v) is 13.5. The third-order valence-corrected chi connectivity index (χ3v) is 9.18. The first kappa shape index (κ1) is 36.0. The van der Waals surface area contributed by atoms with Crippen molar-refractivity contribution in [2.75, 3.05) is 32.8 Å². The standard InChI is InChI=1S/C42H41Cl2N3O4/c1-30-24-34(25-31(2)42(30)51-40-16-15-39(27-45-40)50-29-35-4-3-5-37(44)26-35)10-17-41(48)47-21-19-46(20-22-47)28-33-8-6-32(7-9-33)18-23-49-38-13-11-36(43)12-14-38/h3-17,24-27H,18-23,28-29H2,1-2H3/b17-10+. The highest BCUT2D eigenvalue weighted by Gasteiger charge is 2.20. The average Bonchev–Trinajstić information content (AvgIpc) is 3.14. The summed E-state index contributed by atoms with van der Waals surface area (Å²) in [7, 11) is 0. The number of aryl methyl sites for hydroxylation is 2. The number of piperazine rings is 1. The molecule has 51 heavy (non-hydrogen) atoms. The Morgan fingerprint density at radius 1 is 0.765 bits per heavy atom. The first-order chi connectivity index (χ1) is 24.8. The highest BCUT2D eigenvalue weighted by Crippen LogP contribution is 2.30. The number of benzene rings is 4. The van der Waals surface area contributed by atoms with Crippen molar-refractivity contribution < 1.29 is 19.0 Å². The SMILES string of the molecule is Cc1cc(/C=C/C(=O)N2CCN(Cc3ccc(CCOc4ccc(Cl)cc4)cc3)CC2)cc(C)c1Oc1ccc(OCc2cccc(Cl)c2)cn1. The summed E-state index contributed by atoms with van der Waals surface area (Å²) in [5.41, 5.74) is 6.35. The Bertz CT molecular complexity index is 1920. The zero-order valence-corrected chi connectivity index (χ0v) is 30.4. The topological polar surface area (TPSA) is 64.1 Å². The van der Waals surface area contributed by atoms with Gasteiger partial charge in [-0.25, -0.2) is 4.98 Å². The summed E-state index contributed by atoms with van der Waals surface area (Å²) >= 11 is 12.0. The van der Waals surface area contributed by atoms with Crippen LogP contribution >= 0.6 is 23.2 Å². The van der Waals surface area contributed by atoms with E-state index in [0.717, 1.165) is 59.8 Å². The van der Waals surface area contributed by atoms with Crippen molar-refractivity contribution in [3.63, 3.8) is 0 Å². The third-order valence-electron chi connectivity index (χ3n) is 8.70. The highest BCUT2D eigenvalue weighted by molar-refractivity contribution is 6.30. The van der Waals surface area contributed by atoms with Crippen LogP contribution in [-0.2, 0) is 24.4 Å². The molecule has 4 aromatic carbocycles. The van der Waals surface area contributed by atoms with Crippen LogP contribution in [-0.4, -0.2) is 53.5 Å². The molecule has 9 heteroatoms. The van der Waals surface area contributed by atoms with Gasteiger partial charge in [0.25, 0.3) is 0 Å². The molecule has 0 radical (unpaired) electrons. The molecule has 2 heterocycles. The summed E-state index contributed by atoms with van der Waals surface area (Å²) in [6.45, 7) is 8.94. The number of carbonyl (C=O) groups excluding carboxylic acids is 1. The molecule has 0 unspecified atom stereocenters. The summed E-state index contributed by atoms with van der Waals surface area (Å²) < 4.78 is 17.8. The maximum absolute atomic E-state index is 13.1. The molecular weight excluding hydrogens is 681 g/mol. The number of hydrogen-bond donors (Lipinski definition) is 0. The molecule has 7 nitrogen and oxygen atoms in total. The van der Waals surface area contributed by atoms with E-state index in [0.29, 0.717) is 48.0 Å². The van der Waals surface area contributed by atoms with Gasteiger partial charge >= 0.3 is 0 Å². The number of halogens is 2. The Morgan fingerprint density at radius 2 is 1.47 bits per heavy atom. The fraction of sp³-hybridized carbons (Fsp3) is 0.238. The number of ether oxygens (including phenoxy) is 3. The van der Waals surface area contributed by atoms with Gasteiger partial charge in [-0.2, -0.15) is 0 Å². The number of nitrogens with zero attached hydrogens (tertiary/aromatic N) is 3. The monoisotopic (exact) mass is 721 g/mol. The van der Waals surface area contributed by atoms with Gasteiger partial charge in [0.05, 0.1) is 12.8 Å². The second kappa shape index (κ2) is 17.4. The summed E-state index contributed by atoms with van der Waals surface area (Å²) in [5, 5.41) is 1.38. The molecule has 0 atom stereocenters. The zero-order valence-electron chi connectivity index (χ0n) is 28.9. The van der Waals surface area contributed by atoms with Gasteiger partial charge in [0.15, 0.2) is 0 Å². The van der Waals surface area contributed by atoms with Gasteiger partial charge < -0.3 is 19.1 Å². The van der Waals surface area contributed by atoms with Crippen LogP contribution < -0.4 is 14.2 Å². The van der Waals surface area contributed by atoms with Crippen molar-refractivity contribution in [1.29, 1.82) is 0 Å². The van der Waals surface area contributed by atoms with E-state index >= 15 is 0 Å². The van der Waals surface area contributed by atoms with E-state index in [2.05, 4.69) is 34.1 Å². The summed E-state index contributed by atoms with van der Waals surface area (Å²) in [6.07, 6.45) is 6.03. The van der Waals surface area contributed by atoms with Gasteiger partial charge in [0, 0.05) is 61.3 Å². The fourth-order valence-electron chi connectivity index (χ4n) is 5.94. The molecular formula is C42H41Cl2N3O4. The zero-order chi connectivity index (χ0) is 35.6. The number of aromatic nitrogens is 1. The molecule has 5 aromatic rings. The number of pyridine rings is 1. The van der Waals surface area contributed by atoms with Gasteiger partial charge in [-0.15, -0.1) is 0 Å².